The second-order valence-corrected chi connectivity index (χ2v) is 4.84. The van der Waals surface area contributed by atoms with E-state index in [0.717, 1.165) is 5.56 Å². The van der Waals surface area contributed by atoms with Crippen molar-refractivity contribution in [3.05, 3.63) is 29.8 Å². The molecule has 1 fully saturated rings. The van der Waals surface area contributed by atoms with Gasteiger partial charge in [0.25, 0.3) is 0 Å². The van der Waals surface area contributed by atoms with Gasteiger partial charge in [-0.1, -0.05) is 12.1 Å². The zero-order valence-corrected chi connectivity index (χ0v) is 9.67. The Morgan fingerprint density at radius 1 is 1.33 bits per heavy atom. The number of amides is 1. The van der Waals surface area contributed by atoms with Crippen LogP contribution in [0.15, 0.2) is 24.3 Å². The van der Waals surface area contributed by atoms with E-state index in [1.165, 1.54) is 5.69 Å². The molecule has 1 N–H and O–H groups in total. The summed E-state index contributed by atoms with van der Waals surface area (Å²) in [6.45, 7) is 0. The fourth-order valence-electron chi connectivity index (χ4n) is 1.52. The van der Waals surface area contributed by atoms with E-state index in [0.29, 0.717) is 5.75 Å². The van der Waals surface area contributed by atoms with Crippen molar-refractivity contribution in [1.29, 1.82) is 0 Å². The summed E-state index contributed by atoms with van der Waals surface area (Å²) < 4.78 is 0. The number of nitrogens with zero attached hydrogens (tertiary/aromatic N) is 1. The topological polar surface area (TPSA) is 32.3 Å². The predicted molar refractivity (Wildman–Crippen MR) is 64.1 cm³/mol. The van der Waals surface area contributed by atoms with Crippen molar-refractivity contribution >= 4 is 23.4 Å². The van der Waals surface area contributed by atoms with Gasteiger partial charge in [-0.05, 0) is 17.7 Å². The van der Waals surface area contributed by atoms with Gasteiger partial charge in [-0.2, -0.15) is 0 Å². The van der Waals surface area contributed by atoms with E-state index >= 15 is 0 Å². The Morgan fingerprint density at radius 3 is 2.47 bits per heavy atom. The minimum atomic E-state index is 0.127. The number of nitrogens with one attached hydrogen (secondary N) is 1. The number of carbonyl (C=O) groups is 1. The third-order valence-corrected chi connectivity index (χ3v) is 3.54. The van der Waals surface area contributed by atoms with Crippen LogP contribution in [0.2, 0.25) is 0 Å². The third kappa shape index (κ3) is 2.26. The normalized spacial score (nSPS) is 20.1. The second-order valence-electron chi connectivity index (χ2n) is 3.74. The standard InChI is InChI=1S/C11H14N2OS/c1-13(2)9-5-3-8(4-6-9)11-12-10(14)7-15-11/h3-6,11H,7H2,1-2H3,(H,12,14). The van der Waals surface area contributed by atoms with Crippen molar-refractivity contribution in [3.63, 3.8) is 0 Å². The average Bonchev–Trinajstić information content (AvgIpc) is 2.65. The molecule has 1 heterocycles. The maximum atomic E-state index is 11.1. The number of anilines is 1. The van der Waals surface area contributed by atoms with Gasteiger partial charge in [-0.25, -0.2) is 0 Å². The Hall–Kier alpha value is -1.16. The minimum Gasteiger partial charge on any atom is -0.378 e. The molecule has 1 unspecified atom stereocenters. The summed E-state index contributed by atoms with van der Waals surface area (Å²) >= 11 is 1.64. The summed E-state index contributed by atoms with van der Waals surface area (Å²) in [6, 6.07) is 8.28. The highest BCUT2D eigenvalue weighted by Crippen LogP contribution is 2.31. The molecule has 80 valence electrons. The minimum absolute atomic E-state index is 0.127. The van der Waals surface area contributed by atoms with E-state index in [4.69, 9.17) is 0 Å². The van der Waals surface area contributed by atoms with Crippen LogP contribution in [0, 0.1) is 0 Å². The summed E-state index contributed by atoms with van der Waals surface area (Å²) in [5.41, 5.74) is 2.34. The number of thioether (sulfide) groups is 1. The molecule has 1 saturated heterocycles. The molecular formula is C11H14N2OS. The van der Waals surface area contributed by atoms with Crippen LogP contribution in [-0.4, -0.2) is 25.8 Å². The van der Waals surface area contributed by atoms with Crippen LogP contribution >= 0.6 is 11.8 Å². The highest BCUT2D eigenvalue weighted by atomic mass is 32.2. The molecule has 15 heavy (non-hydrogen) atoms. The van der Waals surface area contributed by atoms with Crippen molar-refractivity contribution < 1.29 is 4.79 Å². The first-order valence-electron chi connectivity index (χ1n) is 4.85. The molecule has 3 nitrogen and oxygen atoms in total. The Balaban J connectivity index is 2.13. The molecule has 1 aromatic rings. The predicted octanol–water partition coefficient (Wildman–Crippen LogP) is 1.61. The fraction of sp³-hybridized carbons (Fsp3) is 0.364. The second kappa shape index (κ2) is 4.14. The van der Waals surface area contributed by atoms with Crippen LogP contribution in [-0.2, 0) is 4.79 Å². The van der Waals surface area contributed by atoms with Crippen LogP contribution in [0.25, 0.3) is 0 Å². The van der Waals surface area contributed by atoms with Crippen LogP contribution in [0.4, 0.5) is 5.69 Å². The molecular weight excluding hydrogens is 208 g/mol. The highest BCUT2D eigenvalue weighted by Gasteiger charge is 2.22. The molecule has 1 amide bonds. The fourth-order valence-corrected chi connectivity index (χ4v) is 2.48. The lowest BCUT2D eigenvalue weighted by Gasteiger charge is -2.14. The molecule has 0 bridgehead atoms. The van der Waals surface area contributed by atoms with E-state index in [9.17, 15) is 4.79 Å². The van der Waals surface area contributed by atoms with Gasteiger partial charge >= 0.3 is 0 Å². The van der Waals surface area contributed by atoms with Crippen LogP contribution < -0.4 is 10.2 Å². The van der Waals surface area contributed by atoms with E-state index < -0.39 is 0 Å². The monoisotopic (exact) mass is 222 g/mol. The van der Waals surface area contributed by atoms with E-state index in [2.05, 4.69) is 34.5 Å². The van der Waals surface area contributed by atoms with Gasteiger partial charge in [-0.3, -0.25) is 4.79 Å². The first-order valence-corrected chi connectivity index (χ1v) is 5.90. The van der Waals surface area contributed by atoms with Crippen LogP contribution in [0.1, 0.15) is 10.9 Å². The van der Waals surface area contributed by atoms with Gasteiger partial charge in [0.2, 0.25) is 5.91 Å². The van der Waals surface area contributed by atoms with Crippen molar-refractivity contribution in [1.82, 2.24) is 5.32 Å². The Bertz CT molecular complexity index is 361. The molecule has 4 heteroatoms. The molecule has 2 rings (SSSR count). The lowest BCUT2D eigenvalue weighted by molar-refractivity contribution is -0.118. The zero-order chi connectivity index (χ0) is 10.8. The lowest BCUT2D eigenvalue weighted by atomic mass is 10.2. The SMILES string of the molecule is CN(C)c1ccc(C2NC(=O)CS2)cc1. The molecule has 0 saturated carbocycles. The zero-order valence-electron chi connectivity index (χ0n) is 8.86. The van der Waals surface area contributed by atoms with E-state index in [1.54, 1.807) is 11.8 Å². The Kier molecular flexibility index (Phi) is 2.86. The maximum Gasteiger partial charge on any atom is 0.231 e. The number of hydrogen-bond acceptors (Lipinski definition) is 3. The van der Waals surface area contributed by atoms with Gasteiger partial charge in [0, 0.05) is 19.8 Å². The molecule has 0 radical (unpaired) electrons. The number of carbonyl (C=O) groups excluding carboxylic acids is 1. The van der Waals surface area contributed by atoms with Crippen molar-refractivity contribution in [2.75, 3.05) is 24.7 Å². The first kappa shape index (κ1) is 10.4. The van der Waals surface area contributed by atoms with Gasteiger partial charge in [-0.15, -0.1) is 11.8 Å². The van der Waals surface area contributed by atoms with Crippen molar-refractivity contribution in [2.24, 2.45) is 0 Å². The van der Waals surface area contributed by atoms with Gasteiger partial charge in [0.15, 0.2) is 0 Å². The maximum absolute atomic E-state index is 11.1. The molecule has 1 atom stereocenters. The average molecular weight is 222 g/mol. The molecule has 0 aliphatic carbocycles. The molecule has 0 aromatic heterocycles. The quantitative estimate of drug-likeness (QED) is 0.825. The first-order chi connectivity index (χ1) is 7.16. The lowest BCUT2D eigenvalue weighted by Crippen LogP contribution is -2.19. The number of hydrogen-bond donors (Lipinski definition) is 1. The number of rotatable bonds is 2. The molecule has 1 aliphatic heterocycles. The molecule has 1 aliphatic rings. The smallest absolute Gasteiger partial charge is 0.231 e. The third-order valence-electron chi connectivity index (χ3n) is 2.39. The highest BCUT2D eigenvalue weighted by molar-refractivity contribution is 8.00. The summed E-state index contributed by atoms with van der Waals surface area (Å²) in [4.78, 5) is 13.1. The summed E-state index contributed by atoms with van der Waals surface area (Å²) in [5.74, 6) is 0.696. The van der Waals surface area contributed by atoms with E-state index in [1.807, 2.05) is 14.1 Å². The van der Waals surface area contributed by atoms with Gasteiger partial charge < -0.3 is 10.2 Å². The molecule has 0 spiro atoms. The van der Waals surface area contributed by atoms with Crippen molar-refractivity contribution in [3.8, 4) is 0 Å². The van der Waals surface area contributed by atoms with Crippen LogP contribution in [0.3, 0.4) is 0 Å². The van der Waals surface area contributed by atoms with Crippen molar-refractivity contribution in [2.45, 2.75) is 5.37 Å². The summed E-state index contributed by atoms with van der Waals surface area (Å²) in [5, 5.41) is 3.06. The Morgan fingerprint density at radius 2 is 2.00 bits per heavy atom. The number of benzene rings is 1. The van der Waals surface area contributed by atoms with E-state index in [-0.39, 0.29) is 11.3 Å². The Labute approximate surface area is 93.8 Å². The van der Waals surface area contributed by atoms with Crippen LogP contribution in [0.5, 0.6) is 0 Å². The largest absolute Gasteiger partial charge is 0.378 e. The molecule has 1 aromatic carbocycles. The van der Waals surface area contributed by atoms with Gasteiger partial charge in [0.1, 0.15) is 5.37 Å². The van der Waals surface area contributed by atoms with Gasteiger partial charge in [0.05, 0.1) is 5.75 Å². The summed E-state index contributed by atoms with van der Waals surface area (Å²) in [7, 11) is 4.03. The summed E-state index contributed by atoms with van der Waals surface area (Å²) in [6.07, 6.45) is 0.